The first-order chi connectivity index (χ1) is 7.33. The van der Waals surface area contributed by atoms with Crippen molar-refractivity contribution in [1.82, 2.24) is 0 Å². The van der Waals surface area contributed by atoms with Crippen molar-refractivity contribution >= 4 is 11.8 Å². The van der Waals surface area contributed by atoms with Gasteiger partial charge in [0.15, 0.2) is 0 Å². The van der Waals surface area contributed by atoms with Crippen LogP contribution in [-0.4, -0.2) is 19.7 Å². The third-order valence-electron chi connectivity index (χ3n) is 2.89. The Hall–Kier alpha value is -1.60. The van der Waals surface area contributed by atoms with E-state index in [1.807, 2.05) is 12.1 Å². The highest BCUT2D eigenvalue weighted by atomic mass is 16.1. The Morgan fingerprint density at radius 2 is 2.40 bits per heavy atom. The molecule has 1 aliphatic rings. The monoisotopic (exact) mass is 202 g/mol. The van der Waals surface area contributed by atoms with Gasteiger partial charge < -0.3 is 4.90 Å². The van der Waals surface area contributed by atoms with E-state index in [4.69, 9.17) is 0 Å². The van der Waals surface area contributed by atoms with Crippen LogP contribution in [0.15, 0.2) is 23.2 Å². The van der Waals surface area contributed by atoms with Gasteiger partial charge in [0.1, 0.15) is 0 Å². The zero-order chi connectivity index (χ0) is 10.7. The van der Waals surface area contributed by atoms with Gasteiger partial charge in [0.05, 0.1) is 6.54 Å². The minimum absolute atomic E-state index is 0.459. The van der Waals surface area contributed by atoms with E-state index in [-0.39, 0.29) is 0 Å². The van der Waals surface area contributed by atoms with Gasteiger partial charge in [-0.1, -0.05) is 12.1 Å². The molecule has 0 bridgehead atoms. The molecular weight excluding hydrogens is 188 g/mol. The molecule has 1 aliphatic heterocycles. The van der Waals surface area contributed by atoms with Gasteiger partial charge in [-0.05, 0) is 30.0 Å². The number of anilines is 1. The number of fused-ring (bicyclic) bond motifs is 1. The summed E-state index contributed by atoms with van der Waals surface area (Å²) in [6.45, 7) is 1.56. The molecule has 15 heavy (non-hydrogen) atoms. The molecular formula is C12H14N2O. The summed E-state index contributed by atoms with van der Waals surface area (Å²) < 4.78 is 0. The second kappa shape index (κ2) is 4.28. The smallest absolute Gasteiger partial charge is 0.235 e. The number of hydrogen-bond acceptors (Lipinski definition) is 3. The Morgan fingerprint density at radius 3 is 3.20 bits per heavy atom. The van der Waals surface area contributed by atoms with Crippen LogP contribution in [0.3, 0.4) is 0 Å². The Labute approximate surface area is 89.4 Å². The van der Waals surface area contributed by atoms with E-state index in [2.05, 4.69) is 23.0 Å². The molecule has 0 saturated carbocycles. The highest BCUT2D eigenvalue weighted by molar-refractivity contribution is 5.58. The van der Waals surface area contributed by atoms with Gasteiger partial charge in [-0.25, -0.2) is 9.79 Å². The van der Waals surface area contributed by atoms with Crippen LogP contribution in [0, 0.1) is 0 Å². The largest absolute Gasteiger partial charge is 0.374 e. The Morgan fingerprint density at radius 1 is 1.53 bits per heavy atom. The lowest BCUT2D eigenvalue weighted by Gasteiger charge is -2.28. The van der Waals surface area contributed by atoms with Gasteiger partial charge in [0.25, 0.3) is 0 Å². The zero-order valence-corrected chi connectivity index (χ0v) is 8.86. The van der Waals surface area contributed by atoms with Gasteiger partial charge in [0, 0.05) is 19.3 Å². The minimum Gasteiger partial charge on any atom is -0.374 e. The summed E-state index contributed by atoms with van der Waals surface area (Å²) in [6, 6.07) is 6.19. The third kappa shape index (κ3) is 1.92. The second-order valence-electron chi connectivity index (χ2n) is 3.85. The fourth-order valence-corrected chi connectivity index (χ4v) is 2.15. The van der Waals surface area contributed by atoms with E-state index in [0.29, 0.717) is 6.54 Å². The van der Waals surface area contributed by atoms with Crippen LogP contribution in [0.4, 0.5) is 5.69 Å². The maximum Gasteiger partial charge on any atom is 0.235 e. The summed E-state index contributed by atoms with van der Waals surface area (Å²) in [4.78, 5) is 16.0. The average Bonchev–Trinajstić information content (AvgIpc) is 2.27. The molecule has 78 valence electrons. The molecule has 0 N–H and O–H groups in total. The first-order valence-corrected chi connectivity index (χ1v) is 5.18. The summed E-state index contributed by atoms with van der Waals surface area (Å²) in [5.74, 6) is 0. The zero-order valence-electron chi connectivity index (χ0n) is 8.86. The van der Waals surface area contributed by atoms with Gasteiger partial charge in [-0.2, -0.15) is 0 Å². The minimum atomic E-state index is 0.459. The molecule has 0 unspecified atom stereocenters. The van der Waals surface area contributed by atoms with E-state index < -0.39 is 0 Å². The highest BCUT2D eigenvalue weighted by Gasteiger charge is 2.15. The van der Waals surface area contributed by atoms with Crippen LogP contribution in [0.5, 0.6) is 0 Å². The SMILES string of the molecule is CN1CCCc2c(CN=C=O)cccc21. The Bertz CT molecular complexity index is 408. The van der Waals surface area contributed by atoms with Crippen molar-refractivity contribution in [1.29, 1.82) is 0 Å². The molecule has 1 heterocycles. The summed E-state index contributed by atoms with van der Waals surface area (Å²) in [5.41, 5.74) is 3.77. The normalized spacial score (nSPS) is 14.3. The summed E-state index contributed by atoms with van der Waals surface area (Å²) >= 11 is 0. The van der Waals surface area contributed by atoms with Crippen molar-refractivity contribution in [3.8, 4) is 0 Å². The highest BCUT2D eigenvalue weighted by Crippen LogP contribution is 2.28. The fourth-order valence-electron chi connectivity index (χ4n) is 2.15. The predicted octanol–water partition coefficient (Wildman–Crippen LogP) is 1.90. The van der Waals surface area contributed by atoms with Gasteiger partial charge in [-0.3, -0.25) is 0 Å². The third-order valence-corrected chi connectivity index (χ3v) is 2.89. The molecule has 0 radical (unpaired) electrons. The number of rotatable bonds is 2. The summed E-state index contributed by atoms with van der Waals surface area (Å²) in [6.07, 6.45) is 3.86. The first-order valence-electron chi connectivity index (χ1n) is 5.18. The number of hydrogen-bond donors (Lipinski definition) is 0. The predicted molar refractivity (Wildman–Crippen MR) is 59.9 cm³/mol. The number of aliphatic imine (C=N–C) groups is 1. The van der Waals surface area contributed by atoms with Gasteiger partial charge in [-0.15, -0.1) is 0 Å². The number of nitrogens with zero attached hydrogens (tertiary/aromatic N) is 2. The maximum absolute atomic E-state index is 10.1. The second-order valence-corrected chi connectivity index (χ2v) is 3.85. The van der Waals surface area contributed by atoms with Gasteiger partial charge >= 0.3 is 0 Å². The van der Waals surface area contributed by atoms with E-state index in [9.17, 15) is 4.79 Å². The van der Waals surface area contributed by atoms with Crippen molar-refractivity contribution in [2.45, 2.75) is 19.4 Å². The van der Waals surface area contributed by atoms with Crippen LogP contribution in [0.25, 0.3) is 0 Å². The van der Waals surface area contributed by atoms with Crippen molar-refractivity contribution in [2.24, 2.45) is 4.99 Å². The lowest BCUT2D eigenvalue weighted by atomic mass is 9.97. The summed E-state index contributed by atoms with van der Waals surface area (Å²) in [5, 5.41) is 0. The molecule has 0 saturated heterocycles. The lowest BCUT2D eigenvalue weighted by molar-refractivity contribution is 0.562. The van der Waals surface area contributed by atoms with Crippen LogP contribution in [0.2, 0.25) is 0 Å². The first kappa shape index (κ1) is 9.94. The molecule has 0 aliphatic carbocycles. The number of isocyanates is 1. The quantitative estimate of drug-likeness (QED) is 0.542. The van der Waals surface area contributed by atoms with Crippen molar-refractivity contribution in [2.75, 3.05) is 18.5 Å². The maximum atomic E-state index is 10.1. The van der Waals surface area contributed by atoms with Crippen molar-refractivity contribution < 1.29 is 4.79 Å². The van der Waals surface area contributed by atoms with E-state index in [0.717, 1.165) is 18.5 Å². The van der Waals surface area contributed by atoms with E-state index in [1.54, 1.807) is 6.08 Å². The molecule has 1 aromatic carbocycles. The molecule has 1 aromatic rings. The Balaban J connectivity index is 2.39. The van der Waals surface area contributed by atoms with Crippen LogP contribution < -0.4 is 4.90 Å². The van der Waals surface area contributed by atoms with E-state index >= 15 is 0 Å². The molecule has 0 spiro atoms. The molecule has 3 heteroatoms. The number of carbonyl (C=O) groups excluding carboxylic acids is 1. The van der Waals surface area contributed by atoms with E-state index in [1.165, 1.54) is 17.7 Å². The molecule has 0 amide bonds. The van der Waals surface area contributed by atoms with Crippen LogP contribution in [0.1, 0.15) is 17.5 Å². The molecule has 0 aromatic heterocycles. The lowest BCUT2D eigenvalue weighted by Crippen LogP contribution is -2.25. The standard InChI is InChI=1S/C12H14N2O/c1-14-7-3-5-11-10(8-13-9-15)4-2-6-12(11)14/h2,4,6H,3,5,7-8H2,1H3. The Kier molecular flexibility index (Phi) is 2.84. The van der Waals surface area contributed by atoms with Crippen molar-refractivity contribution in [3.63, 3.8) is 0 Å². The molecule has 0 atom stereocenters. The van der Waals surface area contributed by atoms with Gasteiger partial charge in [0.2, 0.25) is 6.08 Å². The van der Waals surface area contributed by atoms with Crippen LogP contribution in [-0.2, 0) is 17.8 Å². The molecule has 0 fully saturated rings. The fraction of sp³-hybridized carbons (Fsp3) is 0.417. The molecule has 2 rings (SSSR count). The summed E-state index contributed by atoms with van der Waals surface area (Å²) in [7, 11) is 2.10. The van der Waals surface area contributed by atoms with Crippen molar-refractivity contribution in [3.05, 3.63) is 29.3 Å². The number of benzene rings is 1. The average molecular weight is 202 g/mol. The van der Waals surface area contributed by atoms with Crippen LogP contribution >= 0.6 is 0 Å². The molecule has 3 nitrogen and oxygen atoms in total. The topological polar surface area (TPSA) is 32.7 Å².